The Labute approximate surface area is 121 Å². The molecule has 0 fully saturated rings. The minimum atomic E-state index is -1.34. The number of nitrogens with zero attached hydrogens (tertiary/aromatic N) is 1. The first-order valence-electron chi connectivity index (χ1n) is 5.71. The van der Waals surface area contributed by atoms with Gasteiger partial charge >= 0.3 is 23.9 Å². The largest absolute Gasteiger partial charge is 0.480 e. The van der Waals surface area contributed by atoms with Gasteiger partial charge in [-0.1, -0.05) is 0 Å². The van der Waals surface area contributed by atoms with E-state index in [1.54, 1.807) is 0 Å². The number of terminal acetylenes is 1. The molecule has 9 heteroatoms. The Hall–Kier alpha value is -2.76. The number of amides is 2. The Kier molecular flexibility index (Phi) is 7.98. The number of hydrogen-bond acceptors (Lipinski definition) is 6. The number of urea groups is 1. The maximum Gasteiger partial charge on any atom is 0.327 e. The first-order valence-corrected chi connectivity index (χ1v) is 5.71. The molecule has 0 aromatic carbocycles. The van der Waals surface area contributed by atoms with E-state index in [0.717, 1.165) is 19.1 Å². The first kappa shape index (κ1) is 18.2. The monoisotopic (exact) mass is 300 g/mol. The van der Waals surface area contributed by atoms with E-state index in [9.17, 15) is 19.2 Å². The molecule has 0 aliphatic carbocycles. The number of aliphatic carboxylic acids is 1. The number of rotatable bonds is 7. The molecule has 0 spiro atoms. The van der Waals surface area contributed by atoms with Crippen molar-refractivity contribution in [3.8, 4) is 12.3 Å². The third-order valence-corrected chi connectivity index (χ3v) is 2.30. The zero-order chi connectivity index (χ0) is 16.4. The maximum atomic E-state index is 11.9. The number of hydrogen-bond donors (Lipinski definition) is 2. The van der Waals surface area contributed by atoms with Gasteiger partial charge in [-0.05, 0) is 0 Å². The molecule has 0 saturated heterocycles. The van der Waals surface area contributed by atoms with Crippen molar-refractivity contribution in [2.45, 2.75) is 12.5 Å². The van der Waals surface area contributed by atoms with Gasteiger partial charge in [-0.15, -0.1) is 12.3 Å². The zero-order valence-electron chi connectivity index (χ0n) is 11.6. The van der Waals surface area contributed by atoms with Gasteiger partial charge in [-0.25, -0.2) is 9.59 Å². The summed E-state index contributed by atoms with van der Waals surface area (Å²) >= 11 is 0. The van der Waals surface area contributed by atoms with Crippen molar-refractivity contribution in [3.63, 3.8) is 0 Å². The van der Waals surface area contributed by atoms with Crippen LogP contribution in [0, 0.1) is 12.3 Å². The Bertz CT molecular complexity index is 437. The minimum Gasteiger partial charge on any atom is -0.480 e. The van der Waals surface area contributed by atoms with Crippen LogP contribution in [0.3, 0.4) is 0 Å². The van der Waals surface area contributed by atoms with E-state index in [-0.39, 0.29) is 6.42 Å². The second-order valence-electron chi connectivity index (χ2n) is 3.76. The number of methoxy groups -OCH3 is 2. The lowest BCUT2D eigenvalue weighted by atomic mass is 10.2. The van der Waals surface area contributed by atoms with Crippen molar-refractivity contribution in [1.29, 1.82) is 0 Å². The van der Waals surface area contributed by atoms with E-state index in [4.69, 9.17) is 11.5 Å². The molecule has 116 valence electrons. The summed E-state index contributed by atoms with van der Waals surface area (Å²) in [6.45, 7) is -1.08. The van der Waals surface area contributed by atoms with Crippen molar-refractivity contribution in [2.24, 2.45) is 0 Å². The van der Waals surface area contributed by atoms with Crippen LogP contribution >= 0.6 is 0 Å². The molecule has 0 heterocycles. The molecular weight excluding hydrogens is 284 g/mol. The lowest BCUT2D eigenvalue weighted by Gasteiger charge is -2.22. The van der Waals surface area contributed by atoms with Crippen molar-refractivity contribution < 1.29 is 33.8 Å². The molecule has 0 bridgehead atoms. The van der Waals surface area contributed by atoms with Crippen molar-refractivity contribution in [3.05, 3.63) is 0 Å². The second kappa shape index (κ2) is 9.19. The predicted octanol–water partition coefficient (Wildman–Crippen LogP) is -1.18. The molecule has 0 radical (unpaired) electrons. The molecule has 9 nitrogen and oxygen atoms in total. The molecular formula is C12H16N2O7. The van der Waals surface area contributed by atoms with Crippen molar-refractivity contribution >= 4 is 23.9 Å². The second-order valence-corrected chi connectivity index (χ2v) is 3.76. The standard InChI is InChI=1S/C12H16N2O7/c1-4-5-8(11(17)18)13-12(19)14(6-9(15)20-2)7-10(16)21-3/h1,8H,5-7H2,2-3H3,(H,13,19)(H,17,18). The van der Waals surface area contributed by atoms with Crippen LogP contribution in [-0.2, 0) is 23.9 Å². The summed E-state index contributed by atoms with van der Waals surface area (Å²) in [7, 11) is 2.21. The van der Waals surface area contributed by atoms with Crippen LogP contribution in [0.1, 0.15) is 6.42 Å². The fraction of sp³-hybridized carbons (Fsp3) is 0.500. The summed E-state index contributed by atoms with van der Waals surface area (Å²) in [6.07, 6.45) is 4.75. The average molecular weight is 300 g/mol. The summed E-state index contributed by atoms with van der Waals surface area (Å²) in [4.78, 5) is 45.9. The first-order chi connectivity index (χ1) is 9.85. The number of carboxylic acids is 1. The van der Waals surface area contributed by atoms with E-state index in [0.29, 0.717) is 0 Å². The Morgan fingerprint density at radius 1 is 1.19 bits per heavy atom. The Morgan fingerprint density at radius 3 is 2.00 bits per heavy atom. The molecule has 1 atom stereocenters. The maximum absolute atomic E-state index is 11.9. The highest BCUT2D eigenvalue weighted by Crippen LogP contribution is 1.97. The SMILES string of the molecule is C#CCC(NC(=O)N(CC(=O)OC)CC(=O)OC)C(=O)O. The summed E-state index contributed by atoms with van der Waals surface area (Å²) in [5, 5.41) is 11.0. The highest BCUT2D eigenvalue weighted by molar-refractivity contribution is 5.87. The number of ether oxygens (including phenoxy) is 2. The number of esters is 2. The van der Waals surface area contributed by atoms with Crippen molar-refractivity contribution in [2.75, 3.05) is 27.3 Å². The molecule has 0 aromatic heterocycles. The lowest BCUT2D eigenvalue weighted by molar-refractivity contribution is -0.144. The van der Waals surface area contributed by atoms with Crippen LogP contribution < -0.4 is 5.32 Å². The van der Waals surface area contributed by atoms with E-state index in [1.807, 2.05) is 0 Å². The Balaban J connectivity index is 4.91. The molecule has 0 saturated carbocycles. The third kappa shape index (κ3) is 6.81. The van der Waals surface area contributed by atoms with Crippen LogP contribution in [-0.4, -0.2) is 67.3 Å². The van der Waals surface area contributed by atoms with Crippen LogP contribution in [0.5, 0.6) is 0 Å². The molecule has 0 aromatic rings. The van der Waals surface area contributed by atoms with Gasteiger partial charge in [0, 0.05) is 6.42 Å². The number of nitrogens with one attached hydrogen (secondary N) is 1. The zero-order valence-corrected chi connectivity index (χ0v) is 11.6. The Morgan fingerprint density at radius 2 is 1.67 bits per heavy atom. The molecule has 21 heavy (non-hydrogen) atoms. The van der Waals surface area contributed by atoms with E-state index < -0.39 is 43.1 Å². The van der Waals surface area contributed by atoms with Gasteiger partial charge in [0.1, 0.15) is 19.1 Å². The molecule has 0 aliphatic heterocycles. The van der Waals surface area contributed by atoms with E-state index in [1.165, 1.54) is 0 Å². The van der Waals surface area contributed by atoms with Gasteiger partial charge < -0.3 is 24.8 Å². The fourth-order valence-corrected chi connectivity index (χ4v) is 1.20. The quantitative estimate of drug-likeness (QED) is 0.448. The molecule has 2 N–H and O–H groups in total. The summed E-state index contributed by atoms with van der Waals surface area (Å²) < 4.78 is 8.77. The number of carbonyl (C=O) groups excluding carboxylic acids is 3. The van der Waals surface area contributed by atoms with E-state index in [2.05, 4.69) is 20.7 Å². The molecule has 0 aliphatic rings. The van der Waals surface area contributed by atoms with Gasteiger partial charge in [0.25, 0.3) is 0 Å². The molecule has 0 rings (SSSR count). The van der Waals surface area contributed by atoms with Gasteiger partial charge in [0.05, 0.1) is 14.2 Å². The fourth-order valence-electron chi connectivity index (χ4n) is 1.20. The van der Waals surface area contributed by atoms with Gasteiger partial charge in [0.15, 0.2) is 0 Å². The minimum absolute atomic E-state index is 0.245. The molecule has 1 unspecified atom stereocenters. The third-order valence-electron chi connectivity index (χ3n) is 2.30. The van der Waals surface area contributed by atoms with Gasteiger partial charge in [-0.3, -0.25) is 9.59 Å². The van der Waals surface area contributed by atoms with Crippen LogP contribution in [0.2, 0.25) is 0 Å². The van der Waals surface area contributed by atoms with Gasteiger partial charge in [0.2, 0.25) is 0 Å². The lowest BCUT2D eigenvalue weighted by Crippen LogP contribution is -2.50. The van der Waals surface area contributed by atoms with Crippen LogP contribution in [0.25, 0.3) is 0 Å². The smallest absolute Gasteiger partial charge is 0.327 e. The van der Waals surface area contributed by atoms with Crippen LogP contribution in [0.4, 0.5) is 4.79 Å². The number of carboxylic acid groups (broad SMARTS) is 1. The summed E-state index contributed by atoms with van der Waals surface area (Å²) in [6, 6.07) is -2.28. The summed E-state index contributed by atoms with van der Waals surface area (Å²) in [5.41, 5.74) is 0. The average Bonchev–Trinajstić information content (AvgIpc) is 2.45. The highest BCUT2D eigenvalue weighted by atomic mass is 16.5. The topological polar surface area (TPSA) is 122 Å². The predicted molar refractivity (Wildman–Crippen MR) is 69.0 cm³/mol. The molecule has 2 amide bonds. The highest BCUT2D eigenvalue weighted by Gasteiger charge is 2.25. The normalized spacial score (nSPS) is 10.7. The van der Waals surface area contributed by atoms with E-state index >= 15 is 0 Å². The van der Waals surface area contributed by atoms with Crippen LogP contribution in [0.15, 0.2) is 0 Å². The summed E-state index contributed by atoms with van der Waals surface area (Å²) in [5.74, 6) is -0.795. The number of carbonyl (C=O) groups is 4. The van der Waals surface area contributed by atoms with Crippen molar-refractivity contribution in [1.82, 2.24) is 10.2 Å². The van der Waals surface area contributed by atoms with Gasteiger partial charge in [-0.2, -0.15) is 0 Å².